The van der Waals surface area contributed by atoms with E-state index < -0.39 is 0 Å². The van der Waals surface area contributed by atoms with Crippen LogP contribution >= 0.6 is 24.0 Å². The largest absolute Gasteiger partial charge is 0.361 e. The van der Waals surface area contributed by atoms with Crippen molar-refractivity contribution in [1.29, 1.82) is 0 Å². The van der Waals surface area contributed by atoms with Gasteiger partial charge in [0.2, 0.25) is 5.91 Å². The van der Waals surface area contributed by atoms with E-state index in [-0.39, 0.29) is 42.1 Å². The number of nitrogens with one attached hydrogen (secondary N) is 4. The lowest BCUT2D eigenvalue weighted by Crippen LogP contribution is -2.38. The van der Waals surface area contributed by atoms with Crippen LogP contribution in [0, 0.1) is 12.7 Å². The second-order valence-corrected chi connectivity index (χ2v) is 6.96. The van der Waals surface area contributed by atoms with Crippen LogP contribution in [0.25, 0.3) is 10.9 Å². The number of guanidine groups is 1. The quantitative estimate of drug-likeness (QED) is 0.200. The van der Waals surface area contributed by atoms with Gasteiger partial charge < -0.3 is 20.9 Å². The van der Waals surface area contributed by atoms with Crippen LogP contribution in [0.15, 0.2) is 47.7 Å². The van der Waals surface area contributed by atoms with Crippen molar-refractivity contribution in [1.82, 2.24) is 20.6 Å². The molecule has 3 aromatic rings. The number of aromatic amines is 1. The van der Waals surface area contributed by atoms with Crippen LogP contribution in [0.1, 0.15) is 24.5 Å². The SMILES string of the molecule is CCNC(=NCCC(=O)Nc1ccc(C)cn1)NCCc1c[nH]c2ccc(F)cc12.I. The first-order chi connectivity index (χ1) is 14.5. The third-order valence-corrected chi connectivity index (χ3v) is 4.55. The number of H-pyrrole nitrogens is 1. The highest BCUT2D eigenvalue weighted by Crippen LogP contribution is 2.19. The van der Waals surface area contributed by atoms with Gasteiger partial charge in [0.15, 0.2) is 5.96 Å². The van der Waals surface area contributed by atoms with E-state index in [9.17, 15) is 9.18 Å². The summed E-state index contributed by atoms with van der Waals surface area (Å²) < 4.78 is 13.5. The van der Waals surface area contributed by atoms with Crippen molar-refractivity contribution >= 4 is 52.6 Å². The van der Waals surface area contributed by atoms with E-state index in [1.165, 1.54) is 6.07 Å². The fourth-order valence-electron chi connectivity index (χ4n) is 3.03. The Bertz CT molecular complexity index is 1020. The third kappa shape index (κ3) is 7.50. The van der Waals surface area contributed by atoms with Crippen molar-refractivity contribution in [2.45, 2.75) is 26.7 Å². The molecule has 0 unspecified atom stereocenters. The lowest BCUT2D eigenvalue weighted by Gasteiger charge is -2.11. The second-order valence-electron chi connectivity index (χ2n) is 6.96. The number of anilines is 1. The maximum atomic E-state index is 13.5. The Labute approximate surface area is 198 Å². The van der Waals surface area contributed by atoms with Crippen LogP contribution in [0.4, 0.5) is 10.2 Å². The Morgan fingerprint density at radius 2 is 2.06 bits per heavy atom. The van der Waals surface area contributed by atoms with E-state index in [1.807, 2.05) is 26.1 Å². The minimum absolute atomic E-state index is 0. The van der Waals surface area contributed by atoms with E-state index in [0.717, 1.165) is 22.0 Å². The van der Waals surface area contributed by atoms with Crippen molar-refractivity contribution in [3.8, 4) is 0 Å². The lowest BCUT2D eigenvalue weighted by atomic mass is 10.1. The molecule has 0 saturated carbocycles. The van der Waals surface area contributed by atoms with Gasteiger partial charge in [-0.25, -0.2) is 9.37 Å². The van der Waals surface area contributed by atoms with Crippen LogP contribution in [0.5, 0.6) is 0 Å². The molecule has 0 fully saturated rings. The Morgan fingerprint density at radius 1 is 1.23 bits per heavy atom. The summed E-state index contributed by atoms with van der Waals surface area (Å²) in [6.07, 6.45) is 4.59. The zero-order valence-electron chi connectivity index (χ0n) is 17.7. The number of carbonyl (C=O) groups is 1. The molecule has 0 spiro atoms. The molecular weight excluding hydrogens is 510 g/mol. The molecule has 7 nitrogen and oxygen atoms in total. The van der Waals surface area contributed by atoms with Gasteiger partial charge in [0, 0.05) is 42.8 Å². The molecule has 0 aliphatic rings. The fraction of sp³-hybridized carbons (Fsp3) is 0.318. The number of amides is 1. The Hall–Kier alpha value is -2.69. The number of hydrogen-bond donors (Lipinski definition) is 4. The predicted molar refractivity (Wildman–Crippen MR) is 134 cm³/mol. The number of pyridine rings is 1. The van der Waals surface area contributed by atoms with Crippen LogP contribution in [0.3, 0.4) is 0 Å². The number of halogens is 2. The minimum atomic E-state index is -0.245. The standard InChI is InChI=1S/C22H27FN6O.HI/c1-3-24-22(26-11-9-21(30)29-20-7-4-15(2)13-28-20)25-10-8-16-14-27-19-6-5-17(23)12-18(16)19;/h4-7,12-14,27H,3,8-11H2,1-2H3,(H2,24,25,26)(H,28,29,30);1H. The normalized spacial score (nSPS) is 11.1. The smallest absolute Gasteiger partial charge is 0.227 e. The molecule has 0 aliphatic heterocycles. The lowest BCUT2D eigenvalue weighted by molar-refractivity contribution is -0.116. The third-order valence-electron chi connectivity index (χ3n) is 4.55. The van der Waals surface area contributed by atoms with E-state index in [1.54, 1.807) is 24.4 Å². The zero-order valence-corrected chi connectivity index (χ0v) is 20.0. The molecule has 2 aromatic heterocycles. The van der Waals surface area contributed by atoms with Crippen LogP contribution in [0.2, 0.25) is 0 Å². The molecule has 166 valence electrons. The Morgan fingerprint density at radius 3 is 2.81 bits per heavy atom. The van der Waals surface area contributed by atoms with Crippen LogP contribution < -0.4 is 16.0 Å². The van der Waals surface area contributed by atoms with Gasteiger partial charge >= 0.3 is 0 Å². The van der Waals surface area contributed by atoms with Gasteiger partial charge in [0.25, 0.3) is 0 Å². The van der Waals surface area contributed by atoms with Gasteiger partial charge in [0.05, 0.1) is 6.54 Å². The first kappa shape index (κ1) is 24.6. The number of carbonyl (C=O) groups excluding carboxylic acids is 1. The molecule has 31 heavy (non-hydrogen) atoms. The molecule has 3 rings (SSSR count). The van der Waals surface area contributed by atoms with E-state index >= 15 is 0 Å². The number of aryl methyl sites for hydroxylation is 1. The molecular formula is C22H28FIN6O. The van der Waals surface area contributed by atoms with Crippen molar-refractivity contribution in [2.75, 3.05) is 25.0 Å². The predicted octanol–water partition coefficient (Wildman–Crippen LogP) is 3.75. The number of hydrogen-bond acceptors (Lipinski definition) is 3. The monoisotopic (exact) mass is 538 g/mol. The maximum absolute atomic E-state index is 13.5. The number of nitrogens with zero attached hydrogens (tertiary/aromatic N) is 2. The molecule has 2 heterocycles. The van der Waals surface area contributed by atoms with Gasteiger partial charge in [-0.15, -0.1) is 24.0 Å². The summed E-state index contributed by atoms with van der Waals surface area (Å²) in [6, 6.07) is 8.41. The van der Waals surface area contributed by atoms with E-state index in [0.29, 0.717) is 37.8 Å². The summed E-state index contributed by atoms with van der Waals surface area (Å²) >= 11 is 0. The minimum Gasteiger partial charge on any atom is -0.361 e. The highest BCUT2D eigenvalue weighted by Gasteiger charge is 2.06. The fourth-order valence-corrected chi connectivity index (χ4v) is 3.03. The summed E-state index contributed by atoms with van der Waals surface area (Å²) in [4.78, 5) is 23.8. The molecule has 1 aromatic carbocycles. The van der Waals surface area contributed by atoms with Gasteiger partial charge in [-0.2, -0.15) is 0 Å². The summed E-state index contributed by atoms with van der Waals surface area (Å²) in [5, 5.41) is 10.1. The van der Waals surface area contributed by atoms with Crippen LogP contribution in [-0.2, 0) is 11.2 Å². The Balaban J connectivity index is 0.00000341. The maximum Gasteiger partial charge on any atom is 0.227 e. The van der Waals surface area contributed by atoms with Crippen LogP contribution in [-0.4, -0.2) is 41.5 Å². The highest BCUT2D eigenvalue weighted by molar-refractivity contribution is 14.0. The molecule has 0 radical (unpaired) electrons. The summed E-state index contributed by atoms with van der Waals surface area (Å²) in [5.74, 6) is 0.802. The number of benzene rings is 1. The highest BCUT2D eigenvalue weighted by atomic mass is 127. The van der Waals surface area contributed by atoms with Gasteiger partial charge in [-0.3, -0.25) is 9.79 Å². The molecule has 0 aliphatic carbocycles. The number of aromatic nitrogens is 2. The van der Waals surface area contributed by atoms with Gasteiger partial charge in [0.1, 0.15) is 11.6 Å². The van der Waals surface area contributed by atoms with Gasteiger partial charge in [-0.1, -0.05) is 6.07 Å². The van der Waals surface area contributed by atoms with Crippen molar-refractivity contribution in [3.63, 3.8) is 0 Å². The van der Waals surface area contributed by atoms with Gasteiger partial charge in [-0.05, 0) is 55.7 Å². The number of fused-ring (bicyclic) bond motifs is 1. The van der Waals surface area contributed by atoms with Crippen molar-refractivity contribution in [3.05, 3.63) is 59.7 Å². The molecule has 0 atom stereocenters. The first-order valence-electron chi connectivity index (χ1n) is 10.1. The van der Waals surface area contributed by atoms with E-state index in [4.69, 9.17) is 0 Å². The topological polar surface area (TPSA) is 94.2 Å². The first-order valence-corrected chi connectivity index (χ1v) is 10.1. The summed E-state index contributed by atoms with van der Waals surface area (Å²) in [6.45, 7) is 5.62. The molecule has 1 amide bonds. The molecule has 0 bridgehead atoms. The number of rotatable bonds is 8. The molecule has 0 saturated heterocycles. The average molecular weight is 538 g/mol. The van der Waals surface area contributed by atoms with Crippen molar-refractivity contribution < 1.29 is 9.18 Å². The van der Waals surface area contributed by atoms with Crippen molar-refractivity contribution in [2.24, 2.45) is 4.99 Å². The summed E-state index contributed by atoms with van der Waals surface area (Å²) in [5.41, 5.74) is 3.00. The zero-order chi connectivity index (χ0) is 21.3. The molecule has 4 N–H and O–H groups in total. The summed E-state index contributed by atoms with van der Waals surface area (Å²) in [7, 11) is 0. The Kier molecular flexibility index (Phi) is 9.70. The average Bonchev–Trinajstić information content (AvgIpc) is 3.12. The molecule has 9 heteroatoms. The van der Waals surface area contributed by atoms with E-state index in [2.05, 4.69) is 30.9 Å². The second kappa shape index (κ2) is 12.2. The number of aliphatic imine (C=N–C) groups is 1.